The van der Waals surface area contributed by atoms with Crippen molar-refractivity contribution in [2.75, 3.05) is 29.3 Å². The zero-order chi connectivity index (χ0) is 8.53. The highest BCUT2D eigenvalue weighted by molar-refractivity contribution is 8.17. The normalized spacial score (nSPS) is 13.4. The summed E-state index contributed by atoms with van der Waals surface area (Å²) < 4.78 is 0.782. The molecule has 0 aromatic rings. The molecule has 4 heteroatoms. The van der Waals surface area contributed by atoms with Gasteiger partial charge in [0.15, 0.2) is 0 Å². The van der Waals surface area contributed by atoms with Gasteiger partial charge in [0, 0.05) is 11.5 Å². The monoisotopic (exact) mass is 228 g/mol. The van der Waals surface area contributed by atoms with Crippen LogP contribution in [0, 0.1) is 0 Å². The van der Waals surface area contributed by atoms with Crippen molar-refractivity contribution < 1.29 is 0 Å². The largest absolute Gasteiger partial charge is 0.179 e. The van der Waals surface area contributed by atoms with Crippen molar-refractivity contribution in [1.29, 1.82) is 0 Å². The zero-order valence-electron chi connectivity index (χ0n) is 7.08. The third kappa shape index (κ3) is 7.75. The van der Waals surface area contributed by atoms with Gasteiger partial charge < -0.3 is 0 Å². The third-order valence-corrected chi connectivity index (χ3v) is 5.66. The molecule has 0 rings (SSSR count). The van der Waals surface area contributed by atoms with E-state index in [2.05, 4.69) is 25.8 Å². The van der Waals surface area contributed by atoms with Crippen molar-refractivity contribution in [2.24, 2.45) is 0 Å². The maximum atomic E-state index is 4.17. The van der Waals surface area contributed by atoms with E-state index in [1.54, 1.807) is 0 Å². The van der Waals surface area contributed by atoms with E-state index in [-0.39, 0.29) is 0 Å². The highest BCUT2D eigenvalue weighted by Gasteiger charge is 2.04. The summed E-state index contributed by atoms with van der Waals surface area (Å²) in [5.74, 6) is 4.68. The Bertz CT molecular complexity index is 76.8. The molecule has 0 nitrogen and oxygen atoms in total. The van der Waals surface area contributed by atoms with Gasteiger partial charge in [0.25, 0.3) is 0 Å². The van der Waals surface area contributed by atoms with Gasteiger partial charge in [-0.25, -0.2) is 0 Å². The zero-order valence-corrected chi connectivity index (χ0v) is 10.4. The molecule has 0 N–H and O–H groups in total. The van der Waals surface area contributed by atoms with Gasteiger partial charge in [0.1, 0.15) is 0 Å². The summed E-state index contributed by atoms with van der Waals surface area (Å²) in [5, 5.41) is 0. The average molecular weight is 228 g/mol. The maximum absolute atomic E-state index is 4.17. The number of hydrogen-bond donors (Lipinski definition) is 1. The molecule has 0 aliphatic carbocycles. The van der Waals surface area contributed by atoms with Crippen molar-refractivity contribution in [2.45, 2.75) is 11.5 Å². The van der Waals surface area contributed by atoms with Crippen LogP contribution in [0.4, 0.5) is 0 Å². The van der Waals surface area contributed by atoms with E-state index >= 15 is 0 Å². The number of hydrogen-bond acceptors (Lipinski definition) is 4. The Balaban J connectivity index is 3.20. The molecule has 0 amide bonds. The van der Waals surface area contributed by atoms with Crippen LogP contribution in [0.2, 0.25) is 0 Å². The second-order valence-electron chi connectivity index (χ2n) is 1.92. The van der Waals surface area contributed by atoms with E-state index in [9.17, 15) is 0 Å². The molecule has 0 bridgehead atoms. The lowest BCUT2D eigenvalue weighted by atomic mass is 10.9. The van der Waals surface area contributed by atoms with Gasteiger partial charge in [-0.1, -0.05) is 6.92 Å². The van der Waals surface area contributed by atoms with Gasteiger partial charge >= 0.3 is 0 Å². The van der Waals surface area contributed by atoms with Crippen LogP contribution in [-0.4, -0.2) is 33.8 Å². The molecule has 0 spiro atoms. The first kappa shape index (κ1) is 12.4. The lowest BCUT2D eigenvalue weighted by Crippen LogP contribution is -2.01. The Kier molecular flexibility index (Phi) is 10.7. The Hall–Kier alpha value is 1.40. The highest BCUT2D eigenvalue weighted by Crippen LogP contribution is 2.24. The maximum Gasteiger partial charge on any atom is 0.0589 e. The van der Waals surface area contributed by atoms with Crippen LogP contribution in [0.15, 0.2) is 0 Å². The van der Waals surface area contributed by atoms with Crippen LogP contribution >= 0.6 is 47.9 Å². The summed E-state index contributed by atoms with van der Waals surface area (Å²) in [4.78, 5) is 0. The van der Waals surface area contributed by atoms with Crippen molar-refractivity contribution in [3.8, 4) is 0 Å². The van der Waals surface area contributed by atoms with Gasteiger partial charge in [-0.15, -0.1) is 11.8 Å². The van der Waals surface area contributed by atoms with Crippen LogP contribution < -0.4 is 0 Å². The van der Waals surface area contributed by atoms with E-state index < -0.39 is 0 Å². The minimum Gasteiger partial charge on any atom is -0.179 e. The Labute approximate surface area is 88.5 Å². The van der Waals surface area contributed by atoms with Crippen LogP contribution in [0.5, 0.6) is 0 Å². The molecule has 1 atom stereocenters. The lowest BCUT2D eigenvalue weighted by Gasteiger charge is -2.11. The van der Waals surface area contributed by atoms with Crippen molar-refractivity contribution in [3.05, 3.63) is 0 Å². The Morgan fingerprint density at radius 2 is 2.18 bits per heavy atom. The average Bonchev–Trinajstić information content (AvgIpc) is 2.03. The van der Waals surface area contributed by atoms with Crippen LogP contribution in [0.25, 0.3) is 0 Å². The summed E-state index contributed by atoms with van der Waals surface area (Å²) in [5.41, 5.74) is 0. The first-order chi connectivity index (χ1) is 5.35. The summed E-state index contributed by atoms with van der Waals surface area (Å²) in [7, 11) is 0. The summed E-state index contributed by atoms with van der Waals surface area (Å²) >= 11 is 10.2. The predicted octanol–water partition coefficient (Wildman–Crippen LogP) is 3.09. The lowest BCUT2D eigenvalue weighted by molar-refractivity contribution is 1.40. The van der Waals surface area contributed by atoms with Crippen LogP contribution in [0.3, 0.4) is 0 Å². The van der Waals surface area contributed by atoms with Gasteiger partial charge in [0.2, 0.25) is 0 Å². The van der Waals surface area contributed by atoms with E-state index in [0.717, 1.165) is 10.3 Å². The molecule has 11 heavy (non-hydrogen) atoms. The molecule has 0 aromatic carbocycles. The van der Waals surface area contributed by atoms with Gasteiger partial charge in [0.05, 0.1) is 4.58 Å². The molecule has 1 unspecified atom stereocenters. The highest BCUT2D eigenvalue weighted by atomic mass is 32.2. The van der Waals surface area contributed by atoms with Crippen LogP contribution in [0.1, 0.15) is 6.92 Å². The Morgan fingerprint density at radius 3 is 2.64 bits per heavy atom. The third-order valence-electron chi connectivity index (χ3n) is 1.11. The van der Waals surface area contributed by atoms with E-state index in [0.29, 0.717) is 0 Å². The van der Waals surface area contributed by atoms with E-state index in [1.807, 2.05) is 35.3 Å². The fourth-order valence-corrected chi connectivity index (χ4v) is 4.32. The number of rotatable bonds is 7. The van der Waals surface area contributed by atoms with Crippen LogP contribution in [-0.2, 0) is 0 Å². The minimum absolute atomic E-state index is 0.782. The van der Waals surface area contributed by atoms with Crippen molar-refractivity contribution in [3.63, 3.8) is 0 Å². The molecule has 0 aromatic heterocycles. The molecule has 0 saturated carbocycles. The minimum atomic E-state index is 0.782. The molecule has 0 aliphatic rings. The van der Waals surface area contributed by atoms with Gasteiger partial charge in [-0.3, -0.25) is 0 Å². The SMILES string of the molecule is CCSC(CSCCS)SC. The molecule has 0 heterocycles. The molecule has 0 saturated heterocycles. The molecule has 68 valence electrons. The predicted molar refractivity (Wildman–Crippen MR) is 66.6 cm³/mol. The topological polar surface area (TPSA) is 0 Å². The summed E-state index contributed by atoms with van der Waals surface area (Å²) in [6.07, 6.45) is 2.19. The molecule has 0 aliphatic heterocycles. The first-order valence-corrected chi connectivity index (χ1v) is 7.80. The fourth-order valence-electron chi connectivity index (χ4n) is 0.614. The molecular formula is C7H16S4. The quantitative estimate of drug-likeness (QED) is 0.404. The number of thioether (sulfide) groups is 3. The van der Waals surface area contributed by atoms with Crippen molar-refractivity contribution >= 4 is 47.9 Å². The van der Waals surface area contributed by atoms with Gasteiger partial charge in [-0.2, -0.15) is 36.2 Å². The Morgan fingerprint density at radius 1 is 1.45 bits per heavy atom. The molecular weight excluding hydrogens is 212 g/mol. The number of thiol groups is 1. The summed E-state index contributed by atoms with van der Waals surface area (Å²) in [6, 6.07) is 0. The first-order valence-electron chi connectivity index (χ1n) is 3.68. The smallest absolute Gasteiger partial charge is 0.0589 e. The summed E-state index contributed by atoms with van der Waals surface area (Å²) in [6.45, 7) is 2.22. The van der Waals surface area contributed by atoms with Gasteiger partial charge in [-0.05, 0) is 17.8 Å². The van der Waals surface area contributed by atoms with E-state index in [4.69, 9.17) is 0 Å². The van der Waals surface area contributed by atoms with E-state index in [1.165, 1.54) is 17.3 Å². The second-order valence-corrected chi connectivity index (χ2v) is 6.33. The standard InChI is InChI=1S/C7H16S4/c1-3-11-7(9-2)6-10-5-4-8/h7-8H,3-6H2,1-2H3. The fraction of sp³-hybridized carbons (Fsp3) is 1.00. The van der Waals surface area contributed by atoms with Crippen molar-refractivity contribution in [1.82, 2.24) is 0 Å². The molecule has 0 fully saturated rings. The molecule has 0 radical (unpaired) electrons. The second kappa shape index (κ2) is 9.49.